The highest BCUT2D eigenvalue weighted by molar-refractivity contribution is 5.93. The van der Waals surface area contributed by atoms with Gasteiger partial charge in [0.15, 0.2) is 0 Å². The summed E-state index contributed by atoms with van der Waals surface area (Å²) in [5.41, 5.74) is 12.9. The summed E-state index contributed by atoms with van der Waals surface area (Å²) >= 11 is 0. The smallest absolute Gasteiger partial charge is 0.266 e. The van der Waals surface area contributed by atoms with Crippen LogP contribution in [0.5, 0.6) is 0 Å². The van der Waals surface area contributed by atoms with Gasteiger partial charge in [-0.2, -0.15) is 15.0 Å². The second-order valence-electron chi connectivity index (χ2n) is 7.96. The average molecular weight is 406 g/mol. The van der Waals surface area contributed by atoms with Crippen molar-refractivity contribution in [1.29, 1.82) is 0 Å². The Labute approximate surface area is 169 Å². The molecule has 10 heteroatoms. The maximum absolute atomic E-state index is 13.7. The number of nitrogens with two attached hydrogens (primary N) is 2. The molecule has 8 nitrogen and oxygen atoms in total. The third kappa shape index (κ3) is 4.75. The number of nitrogens with zero attached hydrogens (tertiary/aromatic N) is 5. The zero-order valence-corrected chi connectivity index (χ0v) is 16.4. The van der Waals surface area contributed by atoms with Crippen LogP contribution >= 0.6 is 0 Å². The first-order valence-electron chi connectivity index (χ1n) is 10.2. The Bertz CT molecular complexity index is 799. The topological polar surface area (TPSA) is 109 Å². The summed E-state index contributed by atoms with van der Waals surface area (Å²) in [7, 11) is 0. The molecule has 2 saturated heterocycles. The molecular formula is C19H28F2N8. The lowest BCUT2D eigenvalue weighted by Gasteiger charge is -2.29. The van der Waals surface area contributed by atoms with Crippen LogP contribution in [0.25, 0.3) is 0 Å². The fourth-order valence-corrected chi connectivity index (χ4v) is 3.79. The lowest BCUT2D eigenvalue weighted by atomic mass is 9.83. The minimum absolute atomic E-state index is 0.168. The van der Waals surface area contributed by atoms with Crippen LogP contribution < -0.4 is 26.6 Å². The summed E-state index contributed by atoms with van der Waals surface area (Å²) in [5, 5.41) is 3.29. The number of rotatable bonds is 5. The van der Waals surface area contributed by atoms with E-state index in [1.54, 1.807) is 17.0 Å². The number of piperazine rings is 1. The van der Waals surface area contributed by atoms with Gasteiger partial charge in [0, 0.05) is 50.9 Å². The van der Waals surface area contributed by atoms with Gasteiger partial charge < -0.3 is 26.6 Å². The largest absolute Gasteiger partial charge is 0.402 e. The van der Waals surface area contributed by atoms with E-state index in [0.717, 1.165) is 44.7 Å². The van der Waals surface area contributed by atoms with Gasteiger partial charge in [0.25, 0.3) is 11.9 Å². The third-order valence-electron chi connectivity index (χ3n) is 5.74. The van der Waals surface area contributed by atoms with Crippen molar-refractivity contribution in [2.24, 2.45) is 22.4 Å². The van der Waals surface area contributed by atoms with Crippen molar-refractivity contribution < 1.29 is 8.78 Å². The number of alkyl halides is 2. The number of hydrogen-bond acceptors (Lipinski definition) is 7. The van der Waals surface area contributed by atoms with Crippen LogP contribution in [0.4, 0.5) is 26.4 Å². The van der Waals surface area contributed by atoms with Crippen LogP contribution in [0.2, 0.25) is 0 Å². The minimum atomic E-state index is -2.71. The molecule has 3 fully saturated rings. The number of allylic oxidation sites excluding steroid dienone is 1. The van der Waals surface area contributed by atoms with Gasteiger partial charge in [0.2, 0.25) is 0 Å². The molecule has 3 heterocycles. The van der Waals surface area contributed by atoms with Gasteiger partial charge in [0.1, 0.15) is 17.5 Å². The molecule has 3 aliphatic rings. The molecule has 1 aliphatic carbocycles. The number of hydrogen-bond donors (Lipinski definition) is 3. The normalized spacial score (nSPS) is 23.4. The van der Waals surface area contributed by atoms with Gasteiger partial charge in [-0.15, -0.1) is 0 Å². The van der Waals surface area contributed by atoms with Gasteiger partial charge in [-0.25, -0.2) is 8.78 Å². The van der Waals surface area contributed by atoms with E-state index in [1.807, 2.05) is 0 Å². The summed E-state index contributed by atoms with van der Waals surface area (Å²) in [5.74, 6) is -0.824. The molecule has 0 aromatic carbocycles. The summed E-state index contributed by atoms with van der Waals surface area (Å²) in [6, 6.07) is 1.76. The monoisotopic (exact) mass is 406 g/mol. The molecule has 0 atom stereocenters. The fraction of sp³-hybridized carbons (Fsp3) is 0.632. The van der Waals surface area contributed by atoms with Gasteiger partial charge in [-0.05, 0) is 24.8 Å². The molecule has 0 spiro atoms. The number of aliphatic imine (C=N–C) groups is 1. The van der Waals surface area contributed by atoms with Crippen molar-refractivity contribution in [3.63, 3.8) is 0 Å². The predicted molar refractivity (Wildman–Crippen MR) is 110 cm³/mol. The van der Waals surface area contributed by atoms with Gasteiger partial charge >= 0.3 is 0 Å². The highest BCUT2D eigenvalue weighted by Crippen LogP contribution is 2.32. The van der Waals surface area contributed by atoms with Crippen LogP contribution in [0.15, 0.2) is 22.8 Å². The lowest BCUT2D eigenvalue weighted by molar-refractivity contribution is 0.0256. The van der Waals surface area contributed by atoms with Crippen molar-refractivity contribution in [1.82, 2.24) is 15.3 Å². The first-order chi connectivity index (χ1) is 13.9. The van der Waals surface area contributed by atoms with E-state index >= 15 is 0 Å². The van der Waals surface area contributed by atoms with Crippen molar-refractivity contribution in [2.45, 2.75) is 31.6 Å². The number of anilines is 2. The molecule has 0 radical (unpaired) electrons. The van der Waals surface area contributed by atoms with Gasteiger partial charge in [-0.1, -0.05) is 6.42 Å². The highest BCUT2D eigenvalue weighted by Gasteiger charge is 2.39. The van der Waals surface area contributed by atoms with E-state index in [0.29, 0.717) is 17.6 Å². The molecule has 1 aromatic rings. The molecule has 158 valence electrons. The maximum Gasteiger partial charge on any atom is 0.266 e. The van der Waals surface area contributed by atoms with E-state index in [4.69, 9.17) is 11.5 Å². The number of nitrogens with one attached hydrogen (secondary N) is 1. The highest BCUT2D eigenvalue weighted by atomic mass is 19.3. The minimum Gasteiger partial charge on any atom is -0.402 e. The zero-order chi connectivity index (χ0) is 20.4. The molecule has 0 amide bonds. The molecule has 1 aromatic heterocycles. The van der Waals surface area contributed by atoms with Crippen LogP contribution in [0, 0.1) is 5.92 Å². The molecule has 1 saturated carbocycles. The van der Waals surface area contributed by atoms with Crippen LogP contribution in [-0.4, -0.2) is 61.0 Å². The van der Waals surface area contributed by atoms with Crippen LogP contribution in [-0.2, 0) is 0 Å². The Morgan fingerprint density at radius 3 is 2.41 bits per heavy atom. The van der Waals surface area contributed by atoms with E-state index in [9.17, 15) is 8.78 Å². The standard InChI is InChI=1S/C19H28F2N8/c20-19(21)4-7-29(12-19)17-11-16(28-8-5-24-6-9-28)26-18(27-17)25-15(23)10-14(22)13-2-1-3-13/h10-11,13,24H,1-9,12,22H2,(H2,23,25,26,27)/b14-10-. The quantitative estimate of drug-likeness (QED) is 0.500. The fourth-order valence-electron chi connectivity index (χ4n) is 3.79. The van der Waals surface area contributed by atoms with Crippen molar-refractivity contribution in [3.05, 3.63) is 17.8 Å². The van der Waals surface area contributed by atoms with E-state index in [-0.39, 0.29) is 31.3 Å². The number of halogens is 2. The number of aromatic nitrogens is 2. The first-order valence-corrected chi connectivity index (χ1v) is 10.2. The number of amidine groups is 1. The SMILES string of the molecule is N/C(=C\C(N)=N/c1nc(N2CCNCC2)cc(N2CCC(F)(F)C2)n1)C1CCC1. The average Bonchev–Trinajstić information content (AvgIpc) is 3.00. The third-order valence-corrected chi connectivity index (χ3v) is 5.74. The Morgan fingerprint density at radius 2 is 1.83 bits per heavy atom. The van der Waals surface area contributed by atoms with Crippen molar-refractivity contribution in [3.8, 4) is 0 Å². The Morgan fingerprint density at radius 1 is 1.14 bits per heavy atom. The van der Waals surface area contributed by atoms with Crippen LogP contribution in [0.1, 0.15) is 25.7 Å². The summed E-state index contributed by atoms with van der Waals surface area (Å²) in [4.78, 5) is 16.9. The molecule has 0 unspecified atom stereocenters. The van der Waals surface area contributed by atoms with Gasteiger partial charge in [-0.3, -0.25) is 0 Å². The molecular weight excluding hydrogens is 378 g/mol. The molecule has 29 heavy (non-hydrogen) atoms. The molecule has 5 N–H and O–H groups in total. The zero-order valence-electron chi connectivity index (χ0n) is 16.4. The van der Waals surface area contributed by atoms with E-state index < -0.39 is 5.92 Å². The van der Waals surface area contributed by atoms with E-state index in [2.05, 4.69) is 25.2 Å². The second-order valence-corrected chi connectivity index (χ2v) is 7.96. The summed E-state index contributed by atoms with van der Waals surface area (Å²) in [6.45, 7) is 3.13. The Hall–Kier alpha value is -2.49. The van der Waals surface area contributed by atoms with Crippen molar-refractivity contribution >= 4 is 23.4 Å². The van der Waals surface area contributed by atoms with Crippen LogP contribution in [0.3, 0.4) is 0 Å². The van der Waals surface area contributed by atoms with Crippen molar-refractivity contribution in [2.75, 3.05) is 49.1 Å². The van der Waals surface area contributed by atoms with E-state index in [1.165, 1.54) is 6.42 Å². The second kappa shape index (κ2) is 8.10. The maximum atomic E-state index is 13.7. The molecule has 0 bridgehead atoms. The Kier molecular flexibility index (Phi) is 5.53. The Balaban J connectivity index is 1.62. The predicted octanol–water partition coefficient (Wildman–Crippen LogP) is 1.36. The molecule has 2 aliphatic heterocycles. The van der Waals surface area contributed by atoms with Gasteiger partial charge in [0.05, 0.1) is 6.54 Å². The molecule has 4 rings (SSSR count). The lowest BCUT2D eigenvalue weighted by Crippen LogP contribution is -2.44. The first kappa shape index (κ1) is 19.8. The summed E-state index contributed by atoms with van der Waals surface area (Å²) in [6.07, 6.45) is 4.79. The summed E-state index contributed by atoms with van der Waals surface area (Å²) < 4.78 is 27.5.